The van der Waals surface area contributed by atoms with E-state index in [1.807, 2.05) is 35.4 Å². The predicted octanol–water partition coefficient (Wildman–Crippen LogP) is 3.87. The highest BCUT2D eigenvalue weighted by atomic mass is 33.1. The maximum atomic E-state index is 13.3. The summed E-state index contributed by atoms with van der Waals surface area (Å²) in [5.41, 5.74) is 1.56. The first-order chi connectivity index (χ1) is 12.7. The van der Waals surface area contributed by atoms with Crippen LogP contribution in [0.1, 0.15) is 23.2 Å². The largest absolute Gasteiger partial charge is 0.383 e. The highest BCUT2D eigenvalue weighted by Crippen LogP contribution is 2.34. The van der Waals surface area contributed by atoms with E-state index in [-0.39, 0.29) is 12.0 Å². The van der Waals surface area contributed by atoms with Crippen LogP contribution in [0.2, 0.25) is 0 Å². The number of benzene rings is 1. The average Bonchev–Trinajstić information content (AvgIpc) is 3.18. The first kappa shape index (κ1) is 19.5. The second-order valence-corrected chi connectivity index (χ2v) is 8.58. The van der Waals surface area contributed by atoms with E-state index in [0.29, 0.717) is 25.3 Å². The molecule has 1 aromatic carbocycles. The SMILES string of the molecule is COCCN(CC1CCCO1)C(=O)c1ccnc2c(SSC)cccc12. The molecule has 0 aliphatic carbocycles. The minimum absolute atomic E-state index is 0.0104. The summed E-state index contributed by atoms with van der Waals surface area (Å²) in [5.74, 6) is 0.0104. The summed E-state index contributed by atoms with van der Waals surface area (Å²) in [5, 5.41) is 0.895. The fourth-order valence-corrected chi connectivity index (χ4v) is 4.67. The molecule has 0 radical (unpaired) electrons. The van der Waals surface area contributed by atoms with Gasteiger partial charge in [0.2, 0.25) is 0 Å². The number of para-hydroxylation sites is 1. The quantitative estimate of drug-likeness (QED) is 0.636. The average molecular weight is 393 g/mol. The lowest BCUT2D eigenvalue weighted by Gasteiger charge is -2.26. The maximum Gasteiger partial charge on any atom is 0.254 e. The third kappa shape index (κ3) is 4.52. The van der Waals surface area contributed by atoms with Crippen molar-refractivity contribution in [3.05, 3.63) is 36.0 Å². The van der Waals surface area contributed by atoms with Crippen molar-refractivity contribution in [2.24, 2.45) is 0 Å². The lowest BCUT2D eigenvalue weighted by molar-refractivity contribution is 0.0457. The van der Waals surface area contributed by atoms with Gasteiger partial charge in [0, 0.05) is 43.3 Å². The first-order valence-electron chi connectivity index (χ1n) is 8.72. The second-order valence-electron chi connectivity index (χ2n) is 6.14. The molecule has 7 heteroatoms. The Kier molecular flexibility index (Phi) is 7.19. The van der Waals surface area contributed by atoms with Gasteiger partial charge in [0.05, 0.1) is 23.8 Å². The summed E-state index contributed by atoms with van der Waals surface area (Å²) in [6.45, 7) is 2.45. The molecule has 140 valence electrons. The van der Waals surface area contributed by atoms with E-state index in [2.05, 4.69) is 4.98 Å². The molecular weight excluding hydrogens is 368 g/mol. The van der Waals surface area contributed by atoms with Gasteiger partial charge in [0.1, 0.15) is 0 Å². The third-order valence-corrected chi connectivity index (χ3v) is 6.15. The number of carbonyl (C=O) groups excluding carboxylic acids is 1. The lowest BCUT2D eigenvalue weighted by Crippen LogP contribution is -2.39. The van der Waals surface area contributed by atoms with E-state index in [1.54, 1.807) is 34.9 Å². The van der Waals surface area contributed by atoms with Crippen LogP contribution in [0.15, 0.2) is 35.4 Å². The van der Waals surface area contributed by atoms with Gasteiger partial charge in [-0.15, -0.1) is 0 Å². The molecule has 1 aliphatic heterocycles. The number of hydrogen-bond acceptors (Lipinski definition) is 6. The Bertz CT molecular complexity index is 751. The Morgan fingerprint density at radius 1 is 1.42 bits per heavy atom. The molecule has 0 saturated carbocycles. The summed E-state index contributed by atoms with van der Waals surface area (Å²) in [7, 11) is 4.99. The number of rotatable bonds is 8. The zero-order chi connectivity index (χ0) is 18.4. The molecule has 1 aromatic heterocycles. The molecule has 0 bridgehead atoms. The number of fused-ring (bicyclic) bond motifs is 1. The molecule has 26 heavy (non-hydrogen) atoms. The van der Waals surface area contributed by atoms with Gasteiger partial charge in [-0.25, -0.2) is 0 Å². The van der Waals surface area contributed by atoms with E-state index in [4.69, 9.17) is 9.47 Å². The first-order valence-corrected chi connectivity index (χ1v) is 11.3. The summed E-state index contributed by atoms with van der Waals surface area (Å²) < 4.78 is 10.9. The van der Waals surface area contributed by atoms with Crippen LogP contribution in [0, 0.1) is 0 Å². The number of hydrogen-bond donors (Lipinski definition) is 0. The summed E-state index contributed by atoms with van der Waals surface area (Å²) in [6.07, 6.45) is 5.94. The van der Waals surface area contributed by atoms with E-state index in [0.717, 1.165) is 35.2 Å². The molecular formula is C19H24N2O3S2. The fourth-order valence-electron chi connectivity index (χ4n) is 3.17. The van der Waals surface area contributed by atoms with Crippen molar-refractivity contribution in [3.63, 3.8) is 0 Å². The number of methoxy groups -OCH3 is 1. The van der Waals surface area contributed by atoms with Crippen molar-refractivity contribution in [1.82, 2.24) is 9.88 Å². The Morgan fingerprint density at radius 3 is 3.04 bits per heavy atom. The van der Waals surface area contributed by atoms with Crippen LogP contribution < -0.4 is 0 Å². The van der Waals surface area contributed by atoms with Crippen molar-refractivity contribution in [1.29, 1.82) is 0 Å². The predicted molar refractivity (Wildman–Crippen MR) is 108 cm³/mol. The van der Waals surface area contributed by atoms with Crippen molar-refractivity contribution in [2.75, 3.05) is 39.7 Å². The van der Waals surface area contributed by atoms with Gasteiger partial charge in [-0.3, -0.25) is 9.78 Å². The van der Waals surface area contributed by atoms with Gasteiger partial charge in [0.25, 0.3) is 5.91 Å². The monoisotopic (exact) mass is 392 g/mol. The minimum Gasteiger partial charge on any atom is -0.383 e. The van der Waals surface area contributed by atoms with Crippen LogP contribution in [-0.2, 0) is 9.47 Å². The standard InChI is InChI=1S/C19H24N2O3S2/c1-23-12-10-21(13-14-5-4-11-24-14)19(22)16-8-9-20-18-15(16)6-3-7-17(18)26-25-2/h3,6-9,14H,4-5,10-13H2,1-2H3. The lowest BCUT2D eigenvalue weighted by atomic mass is 10.1. The summed E-state index contributed by atoms with van der Waals surface area (Å²) in [4.78, 5) is 20.7. The van der Waals surface area contributed by atoms with Crippen LogP contribution in [0.3, 0.4) is 0 Å². The second kappa shape index (κ2) is 9.60. The van der Waals surface area contributed by atoms with Crippen LogP contribution in [-0.4, -0.2) is 61.6 Å². The molecule has 0 spiro atoms. The van der Waals surface area contributed by atoms with E-state index in [1.165, 1.54) is 0 Å². The zero-order valence-corrected chi connectivity index (χ0v) is 16.8. The topological polar surface area (TPSA) is 51.7 Å². The number of carbonyl (C=O) groups is 1. The molecule has 1 unspecified atom stereocenters. The molecule has 1 amide bonds. The van der Waals surface area contributed by atoms with Gasteiger partial charge in [-0.2, -0.15) is 0 Å². The summed E-state index contributed by atoms with van der Waals surface area (Å²) >= 11 is 0. The number of amides is 1. The van der Waals surface area contributed by atoms with Crippen molar-refractivity contribution < 1.29 is 14.3 Å². The molecule has 2 aromatic rings. The van der Waals surface area contributed by atoms with E-state index < -0.39 is 0 Å². The van der Waals surface area contributed by atoms with Crippen LogP contribution in [0.4, 0.5) is 0 Å². The number of nitrogens with zero attached hydrogens (tertiary/aromatic N) is 2. The Labute approximate surface area is 162 Å². The van der Waals surface area contributed by atoms with Gasteiger partial charge >= 0.3 is 0 Å². The number of ether oxygens (including phenoxy) is 2. The van der Waals surface area contributed by atoms with E-state index in [9.17, 15) is 4.79 Å². The highest BCUT2D eigenvalue weighted by molar-refractivity contribution is 8.76. The van der Waals surface area contributed by atoms with Crippen LogP contribution >= 0.6 is 21.6 Å². The van der Waals surface area contributed by atoms with Gasteiger partial charge in [-0.05, 0) is 31.2 Å². The van der Waals surface area contributed by atoms with Crippen LogP contribution in [0.25, 0.3) is 10.9 Å². The van der Waals surface area contributed by atoms with Gasteiger partial charge < -0.3 is 14.4 Å². The van der Waals surface area contributed by atoms with Gasteiger partial charge in [0.15, 0.2) is 0 Å². The van der Waals surface area contributed by atoms with Crippen molar-refractivity contribution >= 4 is 38.4 Å². The summed E-state index contributed by atoms with van der Waals surface area (Å²) in [6, 6.07) is 7.81. The Balaban J connectivity index is 1.91. The maximum absolute atomic E-state index is 13.3. The van der Waals surface area contributed by atoms with Crippen molar-refractivity contribution in [2.45, 2.75) is 23.8 Å². The molecule has 5 nitrogen and oxygen atoms in total. The molecule has 1 aliphatic rings. The molecule has 3 rings (SSSR count). The van der Waals surface area contributed by atoms with Crippen LogP contribution in [0.5, 0.6) is 0 Å². The Morgan fingerprint density at radius 2 is 2.31 bits per heavy atom. The fraction of sp³-hybridized carbons (Fsp3) is 0.474. The number of pyridine rings is 1. The van der Waals surface area contributed by atoms with Crippen molar-refractivity contribution in [3.8, 4) is 0 Å². The van der Waals surface area contributed by atoms with E-state index >= 15 is 0 Å². The third-order valence-electron chi connectivity index (χ3n) is 4.44. The molecule has 1 atom stereocenters. The number of aromatic nitrogens is 1. The highest BCUT2D eigenvalue weighted by Gasteiger charge is 2.24. The normalized spacial score (nSPS) is 16.9. The minimum atomic E-state index is 0.0104. The molecule has 0 N–H and O–H groups in total. The molecule has 1 saturated heterocycles. The Hall–Kier alpha value is -1.28. The molecule has 1 fully saturated rings. The van der Waals surface area contributed by atoms with Gasteiger partial charge in [-0.1, -0.05) is 33.7 Å². The zero-order valence-electron chi connectivity index (χ0n) is 15.1. The molecule has 2 heterocycles. The smallest absolute Gasteiger partial charge is 0.254 e.